The molecule has 0 aromatic carbocycles. The molecule has 0 bridgehead atoms. The Morgan fingerprint density at radius 3 is 1.26 bits per heavy atom. The van der Waals surface area contributed by atoms with Gasteiger partial charge in [0.05, 0.1) is 0 Å². The van der Waals surface area contributed by atoms with Crippen LogP contribution in [0.2, 0.25) is 0 Å². The van der Waals surface area contributed by atoms with Crippen LogP contribution in [0.5, 0.6) is 0 Å². The zero-order chi connectivity index (χ0) is 16.1. The summed E-state index contributed by atoms with van der Waals surface area (Å²) < 4.78 is 28.7. The van der Waals surface area contributed by atoms with Gasteiger partial charge in [0.25, 0.3) is 0 Å². The van der Waals surface area contributed by atoms with E-state index in [1.54, 1.807) is 73.6 Å². The molecule has 0 amide bonds. The predicted molar refractivity (Wildman–Crippen MR) is 89.4 cm³/mol. The number of hydrogen-bond donors (Lipinski definition) is 0. The summed E-state index contributed by atoms with van der Waals surface area (Å²) in [7, 11) is -2.81. The second-order valence-electron chi connectivity index (χ2n) is 4.93. The van der Waals surface area contributed by atoms with Gasteiger partial charge < -0.3 is 0 Å². The Kier molecular flexibility index (Phi) is 4.68. The van der Waals surface area contributed by atoms with Gasteiger partial charge in [-0.2, -0.15) is 4.39 Å². The van der Waals surface area contributed by atoms with E-state index < -0.39 is 19.8 Å². The molecule has 0 saturated heterocycles. The first-order valence-electron chi connectivity index (χ1n) is 7.10. The molecule has 3 rings (SSSR count). The summed E-state index contributed by atoms with van der Waals surface area (Å²) in [4.78, 5) is 12.0. The number of alkyl halides is 2. The van der Waals surface area contributed by atoms with Crippen LogP contribution in [-0.4, -0.2) is 27.5 Å². The van der Waals surface area contributed by atoms with Crippen molar-refractivity contribution in [1.82, 2.24) is 15.0 Å². The van der Waals surface area contributed by atoms with Crippen molar-refractivity contribution < 1.29 is 8.78 Å². The number of aromatic nitrogens is 3. The van der Waals surface area contributed by atoms with Crippen LogP contribution in [0.4, 0.5) is 8.78 Å². The summed E-state index contributed by atoms with van der Waals surface area (Å²) in [5.74, 6) is -1.64. The van der Waals surface area contributed by atoms with Crippen molar-refractivity contribution in [3.05, 3.63) is 73.6 Å². The average molecular weight is 330 g/mol. The van der Waals surface area contributed by atoms with E-state index >= 15 is 4.39 Å². The smallest absolute Gasteiger partial charge is 0.247 e. The van der Waals surface area contributed by atoms with Crippen molar-refractivity contribution in [2.24, 2.45) is 0 Å². The van der Waals surface area contributed by atoms with E-state index in [0.717, 1.165) is 15.9 Å². The maximum Gasteiger partial charge on any atom is 0.247 e. The lowest BCUT2D eigenvalue weighted by atomic mass is 10.5. The molecule has 1 atom stereocenters. The van der Waals surface area contributed by atoms with Gasteiger partial charge in [0.2, 0.25) is 5.91 Å². The molecule has 3 aromatic heterocycles. The molecule has 0 saturated carbocycles. The molecule has 0 aliphatic heterocycles. The Bertz CT molecular complexity index is 645. The molecule has 0 aliphatic rings. The number of pyridine rings is 3. The van der Waals surface area contributed by atoms with Gasteiger partial charge in [-0.3, -0.25) is 15.0 Å². The van der Waals surface area contributed by atoms with Gasteiger partial charge in [-0.15, -0.1) is 0 Å². The Morgan fingerprint density at radius 1 is 0.696 bits per heavy atom. The van der Waals surface area contributed by atoms with Crippen molar-refractivity contribution in [3.8, 4) is 0 Å². The van der Waals surface area contributed by atoms with Crippen LogP contribution < -0.4 is 15.9 Å². The lowest BCUT2D eigenvalue weighted by molar-refractivity contribution is 0.343. The second-order valence-corrected chi connectivity index (χ2v) is 8.48. The fourth-order valence-electron chi connectivity index (χ4n) is 2.77. The van der Waals surface area contributed by atoms with Crippen LogP contribution in [0.3, 0.4) is 0 Å². The maximum absolute atomic E-state index is 15.1. The minimum absolute atomic E-state index is 0.745. The van der Waals surface area contributed by atoms with Crippen molar-refractivity contribution in [2.75, 3.05) is 6.67 Å². The van der Waals surface area contributed by atoms with Gasteiger partial charge in [0.1, 0.15) is 23.2 Å². The highest BCUT2D eigenvalue weighted by Gasteiger charge is 2.53. The molecular weight excluding hydrogens is 315 g/mol. The Balaban J connectivity index is 2.35. The Hall–Kier alpha value is -2.26. The summed E-state index contributed by atoms with van der Waals surface area (Å²) >= 11 is 0. The highest BCUT2D eigenvalue weighted by molar-refractivity contribution is 7.96. The molecule has 0 spiro atoms. The molecule has 1 unspecified atom stereocenters. The lowest BCUT2D eigenvalue weighted by Crippen LogP contribution is -2.38. The standard InChI is InChI=1S/C17H15F2N3P/c18-13-17(19)23(14-1-7-20-8-2-14,15-3-9-21-10-4-15)16-5-11-22-12-6-16/h1-12,17H,13H2/q+1. The SMILES string of the molecule is FCC(F)[P+](c1ccncc1)(c1ccncc1)c1ccncc1. The lowest BCUT2D eigenvalue weighted by Gasteiger charge is -2.28. The van der Waals surface area contributed by atoms with Gasteiger partial charge in [0.15, 0.2) is 6.67 Å². The van der Waals surface area contributed by atoms with E-state index in [9.17, 15) is 4.39 Å². The van der Waals surface area contributed by atoms with E-state index in [0.29, 0.717) is 0 Å². The molecule has 6 heteroatoms. The van der Waals surface area contributed by atoms with E-state index in [-0.39, 0.29) is 0 Å². The minimum Gasteiger partial charge on any atom is -0.264 e. The number of hydrogen-bond acceptors (Lipinski definition) is 3. The molecule has 3 aromatic rings. The van der Waals surface area contributed by atoms with Gasteiger partial charge in [-0.05, 0) is 36.4 Å². The summed E-state index contributed by atoms with van der Waals surface area (Å²) in [5, 5.41) is 2.24. The van der Waals surface area contributed by atoms with Crippen LogP contribution in [-0.2, 0) is 0 Å². The highest BCUT2D eigenvalue weighted by Crippen LogP contribution is 2.60. The van der Waals surface area contributed by atoms with Crippen LogP contribution in [0.1, 0.15) is 0 Å². The third-order valence-corrected chi connectivity index (χ3v) is 8.07. The number of halogens is 2. The minimum atomic E-state index is -2.81. The molecule has 23 heavy (non-hydrogen) atoms. The van der Waals surface area contributed by atoms with Crippen molar-refractivity contribution in [1.29, 1.82) is 0 Å². The van der Waals surface area contributed by atoms with Gasteiger partial charge in [-0.25, -0.2) is 4.39 Å². The first-order chi connectivity index (χ1) is 11.3. The monoisotopic (exact) mass is 330 g/mol. The zero-order valence-corrected chi connectivity index (χ0v) is 13.2. The molecule has 0 N–H and O–H groups in total. The Morgan fingerprint density at radius 2 is 1.00 bits per heavy atom. The number of rotatable bonds is 5. The molecule has 0 radical (unpaired) electrons. The number of nitrogens with zero attached hydrogens (tertiary/aromatic N) is 3. The molecule has 0 fully saturated rings. The summed E-state index contributed by atoms with van der Waals surface area (Å²) in [5.41, 5.74) is 0. The highest BCUT2D eigenvalue weighted by atomic mass is 31.2. The zero-order valence-electron chi connectivity index (χ0n) is 12.3. The van der Waals surface area contributed by atoms with Crippen LogP contribution in [0.25, 0.3) is 0 Å². The van der Waals surface area contributed by atoms with Crippen LogP contribution >= 0.6 is 7.26 Å². The van der Waals surface area contributed by atoms with Crippen molar-refractivity contribution >= 4 is 23.2 Å². The molecule has 3 nitrogen and oxygen atoms in total. The topological polar surface area (TPSA) is 38.7 Å². The first kappa shape index (κ1) is 15.6. The largest absolute Gasteiger partial charge is 0.264 e. The van der Waals surface area contributed by atoms with Gasteiger partial charge in [-0.1, -0.05) is 0 Å². The first-order valence-corrected chi connectivity index (χ1v) is 8.96. The maximum atomic E-state index is 15.1. The van der Waals surface area contributed by atoms with E-state index in [4.69, 9.17) is 0 Å². The molecule has 116 valence electrons. The molecule has 0 aliphatic carbocycles. The summed E-state index contributed by atoms with van der Waals surface area (Å²) in [6.07, 6.45) is 9.65. The fraction of sp³-hybridized carbons (Fsp3) is 0.118. The normalized spacial score (nSPS) is 12.8. The van der Waals surface area contributed by atoms with Crippen molar-refractivity contribution in [3.63, 3.8) is 0 Å². The Labute approximate surface area is 133 Å². The molecule has 3 heterocycles. The summed E-state index contributed by atoms with van der Waals surface area (Å²) in [6, 6.07) is 10.6. The quantitative estimate of drug-likeness (QED) is 0.675. The summed E-state index contributed by atoms with van der Waals surface area (Å²) in [6.45, 7) is -1.05. The van der Waals surface area contributed by atoms with Crippen LogP contribution in [0, 0.1) is 0 Å². The van der Waals surface area contributed by atoms with E-state index in [1.807, 2.05) is 0 Å². The van der Waals surface area contributed by atoms with E-state index in [2.05, 4.69) is 15.0 Å². The van der Waals surface area contributed by atoms with E-state index in [1.165, 1.54) is 0 Å². The average Bonchev–Trinajstić information content (AvgIpc) is 2.65. The van der Waals surface area contributed by atoms with Crippen LogP contribution in [0.15, 0.2) is 73.6 Å². The second kappa shape index (κ2) is 6.88. The fourth-order valence-corrected chi connectivity index (χ4v) is 6.66. The van der Waals surface area contributed by atoms with Gasteiger partial charge in [0, 0.05) is 37.2 Å². The third kappa shape index (κ3) is 2.73. The predicted octanol–water partition coefficient (Wildman–Crippen LogP) is 2.43. The molecular formula is C17H15F2N3P+. The van der Waals surface area contributed by atoms with Gasteiger partial charge >= 0.3 is 0 Å². The third-order valence-electron chi connectivity index (χ3n) is 3.76. The van der Waals surface area contributed by atoms with Crippen molar-refractivity contribution in [2.45, 2.75) is 5.91 Å².